The Kier molecular flexibility index (Phi) is 4.03. The second-order valence-corrected chi connectivity index (χ2v) is 7.09. The maximum absolute atomic E-state index is 11.3. The molecular formula is C12H23NO2S. The monoisotopic (exact) mass is 245 g/mol. The van der Waals surface area contributed by atoms with Crippen molar-refractivity contribution in [2.75, 3.05) is 19.4 Å². The normalized spacial score (nSPS) is 32.0. The van der Waals surface area contributed by atoms with Crippen molar-refractivity contribution in [3.63, 3.8) is 0 Å². The summed E-state index contributed by atoms with van der Waals surface area (Å²) in [6.45, 7) is 3.80. The van der Waals surface area contributed by atoms with Crippen LogP contribution in [0.25, 0.3) is 0 Å². The summed E-state index contributed by atoms with van der Waals surface area (Å²) < 4.78 is 17.1. The summed E-state index contributed by atoms with van der Waals surface area (Å²) >= 11 is 0. The highest BCUT2D eigenvalue weighted by molar-refractivity contribution is 7.84. The molecule has 0 radical (unpaired) electrons. The Labute approximate surface area is 101 Å². The number of ether oxygens (including phenoxy) is 1. The summed E-state index contributed by atoms with van der Waals surface area (Å²) in [5, 5.41) is 3.80. The Morgan fingerprint density at radius 2 is 2.31 bits per heavy atom. The van der Waals surface area contributed by atoms with Gasteiger partial charge in [-0.15, -0.1) is 0 Å². The fourth-order valence-corrected chi connectivity index (χ4v) is 2.90. The van der Waals surface area contributed by atoms with Gasteiger partial charge in [0, 0.05) is 41.5 Å². The van der Waals surface area contributed by atoms with Crippen molar-refractivity contribution in [3.8, 4) is 0 Å². The third-order valence-corrected chi connectivity index (χ3v) is 5.32. The van der Waals surface area contributed by atoms with Crippen LogP contribution >= 0.6 is 0 Å². The van der Waals surface area contributed by atoms with Crippen molar-refractivity contribution < 1.29 is 8.95 Å². The molecule has 1 N–H and O–H groups in total. The van der Waals surface area contributed by atoms with Gasteiger partial charge in [-0.05, 0) is 39.0 Å². The van der Waals surface area contributed by atoms with Gasteiger partial charge in [-0.3, -0.25) is 4.21 Å². The first-order valence-corrected chi connectivity index (χ1v) is 7.93. The van der Waals surface area contributed by atoms with E-state index >= 15 is 0 Å². The van der Waals surface area contributed by atoms with E-state index in [0.717, 1.165) is 26.0 Å². The molecule has 94 valence electrons. The Balaban J connectivity index is 1.75. The van der Waals surface area contributed by atoms with Gasteiger partial charge in [-0.1, -0.05) is 0 Å². The summed E-state index contributed by atoms with van der Waals surface area (Å²) in [7, 11) is -0.715. The second-order valence-electron chi connectivity index (χ2n) is 5.29. The topological polar surface area (TPSA) is 38.3 Å². The smallest absolute Gasteiger partial charge is 0.0697 e. The van der Waals surface area contributed by atoms with Gasteiger partial charge in [0.05, 0.1) is 5.60 Å². The van der Waals surface area contributed by atoms with E-state index in [2.05, 4.69) is 5.32 Å². The summed E-state index contributed by atoms with van der Waals surface area (Å²) in [4.78, 5) is 0. The predicted molar refractivity (Wildman–Crippen MR) is 67.1 cm³/mol. The summed E-state index contributed by atoms with van der Waals surface area (Å²) in [5.74, 6) is 0. The van der Waals surface area contributed by atoms with Gasteiger partial charge in [0.2, 0.25) is 0 Å². The zero-order valence-electron chi connectivity index (χ0n) is 10.3. The second kappa shape index (κ2) is 5.15. The van der Waals surface area contributed by atoms with Gasteiger partial charge < -0.3 is 10.1 Å². The van der Waals surface area contributed by atoms with Crippen LogP contribution in [0.2, 0.25) is 0 Å². The molecule has 1 aliphatic carbocycles. The molecule has 2 aliphatic rings. The van der Waals surface area contributed by atoms with Gasteiger partial charge in [-0.2, -0.15) is 0 Å². The molecule has 1 saturated heterocycles. The zero-order chi connectivity index (χ0) is 11.6. The molecule has 3 nitrogen and oxygen atoms in total. The molecule has 4 heteroatoms. The minimum atomic E-state index is -0.715. The van der Waals surface area contributed by atoms with Gasteiger partial charge in [0.25, 0.3) is 0 Å². The first-order valence-electron chi connectivity index (χ1n) is 6.31. The van der Waals surface area contributed by atoms with Crippen LogP contribution in [0.4, 0.5) is 0 Å². The standard InChI is InChI=1S/C12H23NO2S/c1-10(16(2)14)9-13-11-4-7-15-12(8-11)5-3-6-12/h10-11,13H,3-9H2,1-2H3. The molecule has 0 amide bonds. The van der Waals surface area contributed by atoms with E-state index < -0.39 is 10.8 Å². The lowest BCUT2D eigenvalue weighted by Crippen LogP contribution is -2.51. The molecule has 1 saturated carbocycles. The van der Waals surface area contributed by atoms with E-state index in [1.807, 2.05) is 6.92 Å². The fourth-order valence-electron chi connectivity index (χ4n) is 2.57. The minimum Gasteiger partial charge on any atom is -0.375 e. The van der Waals surface area contributed by atoms with Gasteiger partial charge >= 0.3 is 0 Å². The third-order valence-electron chi connectivity index (χ3n) is 4.02. The molecule has 2 fully saturated rings. The van der Waals surface area contributed by atoms with Gasteiger partial charge in [0.1, 0.15) is 0 Å². The van der Waals surface area contributed by atoms with Crippen LogP contribution in [-0.2, 0) is 15.5 Å². The minimum absolute atomic E-state index is 0.213. The first-order chi connectivity index (χ1) is 7.61. The SMILES string of the molecule is CC(CNC1CCOC2(CCC2)C1)S(C)=O. The Morgan fingerprint density at radius 3 is 2.88 bits per heavy atom. The van der Waals surface area contributed by atoms with Crippen LogP contribution in [0, 0.1) is 0 Å². The van der Waals surface area contributed by atoms with Gasteiger partial charge in [-0.25, -0.2) is 0 Å². The summed E-state index contributed by atoms with van der Waals surface area (Å²) in [6, 6.07) is 0.569. The van der Waals surface area contributed by atoms with Crippen LogP contribution in [0.5, 0.6) is 0 Å². The lowest BCUT2D eigenvalue weighted by atomic mass is 9.74. The largest absolute Gasteiger partial charge is 0.375 e. The zero-order valence-corrected chi connectivity index (χ0v) is 11.1. The predicted octanol–water partition coefficient (Wildman–Crippen LogP) is 1.44. The number of nitrogens with one attached hydrogen (secondary N) is 1. The van der Waals surface area contributed by atoms with Crippen molar-refractivity contribution in [1.82, 2.24) is 5.32 Å². The fraction of sp³-hybridized carbons (Fsp3) is 1.00. The molecule has 0 aromatic rings. The maximum atomic E-state index is 11.3. The van der Waals surface area contributed by atoms with Crippen LogP contribution < -0.4 is 5.32 Å². The molecule has 0 aromatic carbocycles. The third kappa shape index (κ3) is 2.84. The molecule has 16 heavy (non-hydrogen) atoms. The quantitative estimate of drug-likeness (QED) is 0.814. The van der Waals surface area contributed by atoms with E-state index in [1.54, 1.807) is 6.26 Å². The van der Waals surface area contributed by atoms with Crippen molar-refractivity contribution >= 4 is 10.8 Å². The first kappa shape index (κ1) is 12.5. The Morgan fingerprint density at radius 1 is 1.56 bits per heavy atom. The molecule has 3 unspecified atom stereocenters. The van der Waals surface area contributed by atoms with E-state index in [4.69, 9.17) is 4.74 Å². The molecule has 3 atom stereocenters. The Bertz CT molecular complexity index is 266. The lowest BCUT2D eigenvalue weighted by molar-refractivity contribution is -0.135. The van der Waals surface area contributed by atoms with Crippen LogP contribution in [0.1, 0.15) is 39.0 Å². The average molecular weight is 245 g/mol. The van der Waals surface area contributed by atoms with Crippen LogP contribution in [0.15, 0.2) is 0 Å². The molecule has 0 aromatic heterocycles. The highest BCUT2D eigenvalue weighted by Gasteiger charge is 2.42. The van der Waals surface area contributed by atoms with Crippen molar-refractivity contribution in [1.29, 1.82) is 0 Å². The molecule has 1 spiro atoms. The highest BCUT2D eigenvalue weighted by Crippen LogP contribution is 2.42. The van der Waals surface area contributed by atoms with Crippen LogP contribution in [0.3, 0.4) is 0 Å². The molecule has 1 heterocycles. The van der Waals surface area contributed by atoms with E-state index in [0.29, 0.717) is 6.04 Å². The van der Waals surface area contributed by atoms with Crippen molar-refractivity contribution in [2.45, 2.75) is 55.9 Å². The van der Waals surface area contributed by atoms with E-state index in [9.17, 15) is 4.21 Å². The van der Waals surface area contributed by atoms with Crippen LogP contribution in [-0.4, -0.2) is 40.5 Å². The maximum Gasteiger partial charge on any atom is 0.0697 e. The molecule has 2 rings (SSSR count). The summed E-state index contributed by atoms with van der Waals surface area (Å²) in [5.41, 5.74) is 0.213. The van der Waals surface area contributed by atoms with E-state index in [1.165, 1.54) is 19.3 Å². The van der Waals surface area contributed by atoms with Crippen molar-refractivity contribution in [2.24, 2.45) is 0 Å². The number of rotatable bonds is 4. The van der Waals surface area contributed by atoms with E-state index in [-0.39, 0.29) is 10.9 Å². The Hall–Kier alpha value is 0.0700. The molecule has 1 aliphatic heterocycles. The summed E-state index contributed by atoms with van der Waals surface area (Å²) in [6.07, 6.45) is 7.83. The van der Waals surface area contributed by atoms with Gasteiger partial charge in [0.15, 0.2) is 0 Å². The molecule has 0 bridgehead atoms. The van der Waals surface area contributed by atoms with Crippen molar-refractivity contribution in [3.05, 3.63) is 0 Å². The highest BCUT2D eigenvalue weighted by atomic mass is 32.2. The molecular weight excluding hydrogens is 222 g/mol. The lowest BCUT2D eigenvalue weighted by Gasteiger charge is -2.47. The number of hydrogen-bond donors (Lipinski definition) is 1. The average Bonchev–Trinajstić information content (AvgIpc) is 2.24. The number of hydrogen-bond acceptors (Lipinski definition) is 3.